The van der Waals surface area contributed by atoms with Crippen LogP contribution in [0.25, 0.3) is 0 Å². The van der Waals surface area contributed by atoms with Gasteiger partial charge in [0.1, 0.15) is 0 Å². The number of amides is 1. The highest BCUT2D eigenvalue weighted by Gasteiger charge is 2.54. The first kappa shape index (κ1) is 19.2. The Labute approximate surface area is 167 Å². The van der Waals surface area contributed by atoms with Crippen molar-refractivity contribution in [2.24, 2.45) is 0 Å². The molecular formula is C22H31ClN2O2. The molecule has 3 aliphatic rings. The Kier molecular flexibility index (Phi) is 5.50. The van der Waals surface area contributed by atoms with Gasteiger partial charge < -0.3 is 14.5 Å². The number of carbonyl (C=O) groups is 1. The molecule has 0 N–H and O–H groups in total. The number of carbonyl (C=O) groups excluding carboxylic acids is 1. The number of hydrogen-bond donors (Lipinski definition) is 0. The van der Waals surface area contributed by atoms with E-state index in [1.807, 2.05) is 24.3 Å². The van der Waals surface area contributed by atoms with E-state index >= 15 is 0 Å². The summed E-state index contributed by atoms with van der Waals surface area (Å²) in [6.07, 6.45) is 6.48. The highest BCUT2D eigenvalue weighted by atomic mass is 35.5. The van der Waals surface area contributed by atoms with E-state index < -0.39 is 0 Å². The normalized spacial score (nSPS) is 24.1. The number of piperidine rings is 1. The van der Waals surface area contributed by atoms with Crippen molar-refractivity contribution in [2.75, 3.05) is 39.3 Å². The number of ether oxygens (including phenoxy) is 1. The van der Waals surface area contributed by atoms with E-state index in [0.717, 1.165) is 62.4 Å². The third-order valence-corrected chi connectivity index (χ3v) is 6.94. The molecule has 27 heavy (non-hydrogen) atoms. The Morgan fingerprint density at radius 2 is 1.81 bits per heavy atom. The Hall–Kier alpha value is -1.10. The first-order valence-corrected chi connectivity index (χ1v) is 10.9. The lowest BCUT2D eigenvalue weighted by Crippen LogP contribution is -2.59. The first-order chi connectivity index (χ1) is 13.1. The average Bonchev–Trinajstić information content (AvgIpc) is 3.50. The second kappa shape index (κ2) is 7.73. The van der Waals surface area contributed by atoms with Crippen molar-refractivity contribution >= 4 is 17.5 Å². The van der Waals surface area contributed by atoms with Gasteiger partial charge in [0, 0.05) is 31.2 Å². The van der Waals surface area contributed by atoms with Crippen LogP contribution in [0.2, 0.25) is 5.02 Å². The predicted molar refractivity (Wildman–Crippen MR) is 108 cm³/mol. The van der Waals surface area contributed by atoms with Crippen molar-refractivity contribution in [2.45, 2.75) is 56.5 Å². The maximum absolute atomic E-state index is 13.4. The van der Waals surface area contributed by atoms with Crippen LogP contribution in [-0.4, -0.2) is 60.6 Å². The van der Waals surface area contributed by atoms with Crippen LogP contribution >= 0.6 is 11.6 Å². The molecule has 2 heterocycles. The highest BCUT2D eigenvalue weighted by Crippen LogP contribution is 2.50. The summed E-state index contributed by atoms with van der Waals surface area (Å²) in [6, 6.07) is 7.85. The Morgan fingerprint density at radius 3 is 2.44 bits per heavy atom. The van der Waals surface area contributed by atoms with Crippen LogP contribution in [0.3, 0.4) is 0 Å². The van der Waals surface area contributed by atoms with Gasteiger partial charge in [-0.2, -0.15) is 0 Å². The van der Waals surface area contributed by atoms with Gasteiger partial charge in [-0.25, -0.2) is 0 Å². The number of hydrogen-bond acceptors (Lipinski definition) is 3. The Bertz CT molecular complexity index is 663. The van der Waals surface area contributed by atoms with Gasteiger partial charge in [0.15, 0.2) is 0 Å². The molecule has 1 amide bonds. The summed E-state index contributed by atoms with van der Waals surface area (Å²) in [6.45, 7) is 7.74. The van der Waals surface area contributed by atoms with Crippen molar-refractivity contribution in [1.29, 1.82) is 0 Å². The summed E-state index contributed by atoms with van der Waals surface area (Å²) in [7, 11) is 0. The minimum atomic E-state index is -0.315. The van der Waals surface area contributed by atoms with Gasteiger partial charge in [-0.15, -0.1) is 0 Å². The predicted octanol–water partition coefficient (Wildman–Crippen LogP) is 3.87. The molecule has 1 aliphatic carbocycles. The lowest BCUT2D eigenvalue weighted by Gasteiger charge is -2.48. The Balaban J connectivity index is 1.41. The first-order valence-electron chi connectivity index (χ1n) is 10.5. The maximum atomic E-state index is 13.4. The topological polar surface area (TPSA) is 32.8 Å². The number of halogens is 1. The van der Waals surface area contributed by atoms with Gasteiger partial charge in [-0.05, 0) is 56.3 Å². The summed E-state index contributed by atoms with van der Waals surface area (Å²) < 4.78 is 6.26. The van der Waals surface area contributed by atoms with Gasteiger partial charge in [0.05, 0.1) is 17.6 Å². The number of benzene rings is 1. The molecule has 4 nitrogen and oxygen atoms in total. The maximum Gasteiger partial charge on any atom is 0.233 e. The number of nitrogens with zero attached hydrogens (tertiary/aromatic N) is 2. The van der Waals surface area contributed by atoms with Crippen LogP contribution in [-0.2, 0) is 14.9 Å². The Morgan fingerprint density at radius 1 is 1.11 bits per heavy atom. The fourth-order valence-corrected chi connectivity index (χ4v) is 4.84. The lowest BCUT2D eigenvalue weighted by atomic mass is 9.87. The quantitative estimate of drug-likeness (QED) is 0.765. The molecule has 0 atom stereocenters. The molecule has 0 unspecified atom stereocenters. The fraction of sp³-hybridized carbons (Fsp3) is 0.682. The lowest BCUT2D eigenvalue weighted by molar-refractivity contribution is -0.161. The van der Waals surface area contributed by atoms with E-state index in [9.17, 15) is 4.79 Å². The van der Waals surface area contributed by atoms with Crippen LogP contribution in [0, 0.1) is 0 Å². The van der Waals surface area contributed by atoms with Gasteiger partial charge in [0.25, 0.3) is 0 Å². The van der Waals surface area contributed by atoms with Gasteiger partial charge in [-0.1, -0.05) is 37.1 Å². The number of likely N-dealkylation sites (tertiary alicyclic amines) is 1. The van der Waals surface area contributed by atoms with Crippen LogP contribution in [0.1, 0.15) is 51.0 Å². The summed E-state index contributed by atoms with van der Waals surface area (Å²) >= 11 is 6.04. The van der Waals surface area contributed by atoms with Crippen LogP contribution < -0.4 is 0 Å². The third-order valence-electron chi connectivity index (χ3n) is 6.69. The number of unbranched alkanes of at least 4 members (excludes halogenated alkanes) is 1. The van der Waals surface area contributed by atoms with E-state index in [1.165, 1.54) is 19.4 Å². The molecule has 2 aliphatic heterocycles. The van der Waals surface area contributed by atoms with Gasteiger partial charge >= 0.3 is 0 Å². The van der Waals surface area contributed by atoms with Crippen molar-refractivity contribution in [3.05, 3.63) is 34.9 Å². The molecule has 148 valence electrons. The average molecular weight is 391 g/mol. The molecule has 0 bridgehead atoms. The summed E-state index contributed by atoms with van der Waals surface area (Å²) in [5, 5.41) is 0.724. The molecule has 1 saturated carbocycles. The zero-order chi connectivity index (χ0) is 18.9. The van der Waals surface area contributed by atoms with Crippen LogP contribution in [0.15, 0.2) is 24.3 Å². The second-order valence-corrected chi connectivity index (χ2v) is 8.98. The smallest absolute Gasteiger partial charge is 0.233 e. The molecule has 2 saturated heterocycles. The summed E-state index contributed by atoms with van der Waals surface area (Å²) in [5.41, 5.74) is 0.671. The third kappa shape index (κ3) is 3.90. The van der Waals surface area contributed by atoms with Crippen molar-refractivity contribution < 1.29 is 9.53 Å². The molecule has 1 aromatic carbocycles. The van der Waals surface area contributed by atoms with Crippen molar-refractivity contribution in [1.82, 2.24) is 9.80 Å². The van der Waals surface area contributed by atoms with Gasteiger partial charge in [-0.3, -0.25) is 4.79 Å². The zero-order valence-electron chi connectivity index (χ0n) is 16.4. The fourth-order valence-electron chi connectivity index (χ4n) is 4.71. The highest BCUT2D eigenvalue weighted by molar-refractivity contribution is 6.30. The van der Waals surface area contributed by atoms with Crippen LogP contribution in [0.4, 0.5) is 0 Å². The van der Waals surface area contributed by atoms with E-state index in [1.54, 1.807) is 0 Å². The van der Waals surface area contributed by atoms with Crippen LogP contribution in [0.5, 0.6) is 0 Å². The van der Waals surface area contributed by atoms with Gasteiger partial charge in [0.2, 0.25) is 5.91 Å². The van der Waals surface area contributed by atoms with E-state index in [4.69, 9.17) is 16.3 Å². The standard InChI is InChI=1S/C22H31ClN2O2/c1-2-3-12-24-13-10-21(11-14-24)17-25(15-16-27-21)20(26)22(8-9-22)18-4-6-19(23)7-5-18/h4-7H,2-3,8-17H2,1H3. The number of rotatable bonds is 5. The summed E-state index contributed by atoms with van der Waals surface area (Å²) in [4.78, 5) is 18.1. The SMILES string of the molecule is CCCCN1CCC2(CC1)CN(C(=O)C1(c3ccc(Cl)cc3)CC1)CCO2. The van der Waals surface area contributed by atoms with E-state index in [2.05, 4.69) is 16.7 Å². The zero-order valence-corrected chi connectivity index (χ0v) is 17.1. The number of morpholine rings is 1. The molecule has 0 radical (unpaired) electrons. The largest absolute Gasteiger partial charge is 0.371 e. The molecule has 0 aromatic heterocycles. The minimum absolute atomic E-state index is 0.132. The molecule has 5 heteroatoms. The van der Waals surface area contributed by atoms with E-state index in [0.29, 0.717) is 12.5 Å². The molecular weight excluding hydrogens is 360 g/mol. The summed E-state index contributed by atoms with van der Waals surface area (Å²) in [5.74, 6) is 0.293. The molecule has 4 rings (SSSR count). The molecule has 3 fully saturated rings. The monoisotopic (exact) mass is 390 g/mol. The van der Waals surface area contributed by atoms with Crippen molar-refractivity contribution in [3.63, 3.8) is 0 Å². The molecule has 1 aromatic rings. The minimum Gasteiger partial charge on any atom is -0.371 e. The molecule has 1 spiro atoms. The van der Waals surface area contributed by atoms with Crippen molar-refractivity contribution in [3.8, 4) is 0 Å². The van der Waals surface area contributed by atoms with E-state index in [-0.39, 0.29) is 11.0 Å². The second-order valence-electron chi connectivity index (χ2n) is 8.54.